The quantitative estimate of drug-likeness (QED) is 0.658. The zero-order valence-corrected chi connectivity index (χ0v) is 10.2. The van der Waals surface area contributed by atoms with Gasteiger partial charge in [-0.15, -0.1) is 0 Å². The second-order valence-electron chi connectivity index (χ2n) is 4.04. The fourth-order valence-corrected chi connectivity index (χ4v) is 1.68. The Labute approximate surface area is 108 Å². The second kappa shape index (κ2) is 4.53. The van der Waals surface area contributed by atoms with Crippen LogP contribution in [0, 0.1) is 6.92 Å². The Morgan fingerprint density at radius 2 is 2.00 bits per heavy atom. The van der Waals surface area contributed by atoms with Gasteiger partial charge in [0.2, 0.25) is 0 Å². The molecule has 0 aliphatic rings. The van der Waals surface area contributed by atoms with E-state index in [1.54, 1.807) is 30.5 Å². The van der Waals surface area contributed by atoms with Crippen molar-refractivity contribution in [1.82, 2.24) is 9.97 Å². The van der Waals surface area contributed by atoms with Crippen LogP contribution >= 0.6 is 0 Å². The van der Waals surface area contributed by atoms with E-state index in [4.69, 9.17) is 9.15 Å². The monoisotopic (exact) mass is 254 g/mol. The summed E-state index contributed by atoms with van der Waals surface area (Å²) in [5.74, 6) is 0.521. The van der Waals surface area contributed by atoms with Crippen molar-refractivity contribution in [3.8, 4) is 11.8 Å². The molecule has 0 bridgehead atoms. The summed E-state index contributed by atoms with van der Waals surface area (Å²) in [6, 6.07) is 10.4. The van der Waals surface area contributed by atoms with Crippen LogP contribution in [0.3, 0.4) is 0 Å². The summed E-state index contributed by atoms with van der Waals surface area (Å²) in [5.41, 5.74) is 0.895. The molecule has 0 saturated carbocycles. The average molecular weight is 254 g/mol. The average Bonchev–Trinajstić information content (AvgIpc) is 2.38. The van der Waals surface area contributed by atoms with Crippen molar-refractivity contribution in [2.24, 2.45) is 0 Å². The number of hydrogen-bond acceptors (Lipinski definition) is 5. The van der Waals surface area contributed by atoms with E-state index in [0.717, 1.165) is 11.1 Å². The predicted molar refractivity (Wildman–Crippen MR) is 69.3 cm³/mol. The molecule has 0 spiro atoms. The topological polar surface area (TPSA) is 65.2 Å². The number of nitrogens with zero attached hydrogens (tertiary/aromatic N) is 2. The third-order valence-electron chi connectivity index (χ3n) is 2.58. The maximum Gasteiger partial charge on any atom is 0.336 e. The van der Waals surface area contributed by atoms with Gasteiger partial charge >= 0.3 is 11.6 Å². The Kier molecular flexibility index (Phi) is 2.72. The second-order valence-corrected chi connectivity index (χ2v) is 4.04. The number of aryl methyl sites for hydroxylation is 1. The van der Waals surface area contributed by atoms with E-state index in [1.165, 1.54) is 6.07 Å². The number of hydrogen-bond donors (Lipinski definition) is 0. The molecule has 0 saturated heterocycles. The van der Waals surface area contributed by atoms with Crippen molar-refractivity contribution in [1.29, 1.82) is 0 Å². The molecule has 3 aromatic rings. The highest BCUT2D eigenvalue weighted by atomic mass is 16.5. The van der Waals surface area contributed by atoms with Crippen LogP contribution in [0.25, 0.3) is 11.0 Å². The molecule has 0 amide bonds. The Morgan fingerprint density at radius 3 is 2.84 bits per heavy atom. The molecular weight excluding hydrogens is 244 g/mol. The van der Waals surface area contributed by atoms with Gasteiger partial charge in [-0.25, -0.2) is 14.8 Å². The van der Waals surface area contributed by atoms with Gasteiger partial charge in [-0.05, 0) is 31.2 Å². The first kappa shape index (κ1) is 11.4. The minimum atomic E-state index is -0.392. The highest BCUT2D eigenvalue weighted by Gasteiger charge is 2.03. The zero-order chi connectivity index (χ0) is 13.2. The van der Waals surface area contributed by atoms with Crippen molar-refractivity contribution in [3.05, 3.63) is 58.7 Å². The lowest BCUT2D eigenvalue weighted by Gasteiger charge is -2.04. The standard InChI is InChI=1S/C14H10N2O3/c1-9-6-7-15-14(16-9)18-11-4-2-10-3-5-13(17)19-12(10)8-11/h2-8H,1H3. The summed E-state index contributed by atoms with van der Waals surface area (Å²) < 4.78 is 10.6. The molecule has 0 radical (unpaired) electrons. The van der Waals surface area contributed by atoms with Crippen LogP contribution in [0.5, 0.6) is 11.8 Å². The molecule has 19 heavy (non-hydrogen) atoms. The van der Waals surface area contributed by atoms with E-state index in [-0.39, 0.29) is 6.01 Å². The number of rotatable bonds is 2. The minimum Gasteiger partial charge on any atom is -0.424 e. The lowest BCUT2D eigenvalue weighted by atomic mass is 10.2. The van der Waals surface area contributed by atoms with Crippen LogP contribution in [0.15, 0.2) is 51.8 Å². The Morgan fingerprint density at radius 1 is 1.16 bits per heavy atom. The van der Waals surface area contributed by atoms with Gasteiger partial charge in [-0.3, -0.25) is 0 Å². The molecule has 0 fully saturated rings. The molecule has 2 heterocycles. The SMILES string of the molecule is Cc1ccnc(Oc2ccc3ccc(=O)oc3c2)n1. The summed E-state index contributed by atoms with van der Waals surface area (Å²) in [7, 11) is 0. The normalized spacial score (nSPS) is 10.6. The molecule has 5 heteroatoms. The van der Waals surface area contributed by atoms with Crippen LogP contribution in [0.1, 0.15) is 5.69 Å². The van der Waals surface area contributed by atoms with Gasteiger partial charge in [0, 0.05) is 29.4 Å². The number of ether oxygens (including phenoxy) is 1. The fraction of sp³-hybridized carbons (Fsp3) is 0.0714. The number of fused-ring (bicyclic) bond motifs is 1. The third-order valence-corrected chi connectivity index (χ3v) is 2.58. The Balaban J connectivity index is 1.99. The number of benzene rings is 1. The highest BCUT2D eigenvalue weighted by Crippen LogP contribution is 2.22. The Hall–Kier alpha value is -2.69. The molecule has 1 aromatic carbocycles. The summed E-state index contributed by atoms with van der Waals surface area (Å²) >= 11 is 0. The summed E-state index contributed by atoms with van der Waals surface area (Å²) in [4.78, 5) is 19.3. The van der Waals surface area contributed by atoms with E-state index in [9.17, 15) is 4.79 Å². The lowest BCUT2D eigenvalue weighted by molar-refractivity contribution is 0.439. The minimum absolute atomic E-state index is 0.262. The lowest BCUT2D eigenvalue weighted by Crippen LogP contribution is -1.95. The van der Waals surface area contributed by atoms with Gasteiger partial charge in [-0.1, -0.05) is 0 Å². The van der Waals surface area contributed by atoms with Gasteiger partial charge in [0.15, 0.2) is 0 Å². The van der Waals surface area contributed by atoms with E-state index in [0.29, 0.717) is 11.3 Å². The van der Waals surface area contributed by atoms with Gasteiger partial charge in [0.1, 0.15) is 11.3 Å². The Bertz CT molecular complexity index is 796. The first-order chi connectivity index (χ1) is 9.20. The maximum absolute atomic E-state index is 11.2. The highest BCUT2D eigenvalue weighted by molar-refractivity contribution is 5.77. The van der Waals surface area contributed by atoms with Crippen molar-refractivity contribution in [2.75, 3.05) is 0 Å². The fourth-order valence-electron chi connectivity index (χ4n) is 1.68. The van der Waals surface area contributed by atoms with E-state index >= 15 is 0 Å². The van der Waals surface area contributed by atoms with Gasteiger partial charge in [0.05, 0.1) is 0 Å². The van der Waals surface area contributed by atoms with E-state index < -0.39 is 5.63 Å². The zero-order valence-electron chi connectivity index (χ0n) is 10.2. The van der Waals surface area contributed by atoms with Crippen molar-refractivity contribution < 1.29 is 9.15 Å². The van der Waals surface area contributed by atoms with Crippen molar-refractivity contribution in [3.63, 3.8) is 0 Å². The van der Waals surface area contributed by atoms with Crippen LogP contribution in [-0.2, 0) is 0 Å². The van der Waals surface area contributed by atoms with Crippen LogP contribution in [0.2, 0.25) is 0 Å². The molecule has 0 unspecified atom stereocenters. The molecular formula is C14H10N2O3. The van der Waals surface area contributed by atoms with Gasteiger partial charge in [0.25, 0.3) is 0 Å². The molecule has 2 aromatic heterocycles. The summed E-state index contributed by atoms with van der Waals surface area (Å²) in [6.45, 7) is 1.86. The van der Waals surface area contributed by atoms with Gasteiger partial charge < -0.3 is 9.15 Å². The molecule has 0 N–H and O–H groups in total. The van der Waals surface area contributed by atoms with Gasteiger partial charge in [-0.2, -0.15) is 0 Å². The first-order valence-electron chi connectivity index (χ1n) is 5.72. The van der Waals surface area contributed by atoms with Crippen LogP contribution in [-0.4, -0.2) is 9.97 Å². The molecule has 94 valence electrons. The maximum atomic E-state index is 11.2. The van der Waals surface area contributed by atoms with Crippen LogP contribution in [0.4, 0.5) is 0 Å². The molecule has 3 rings (SSSR count). The molecule has 0 atom stereocenters. The van der Waals surface area contributed by atoms with E-state index in [1.807, 2.05) is 13.0 Å². The molecule has 5 nitrogen and oxygen atoms in total. The third kappa shape index (κ3) is 2.44. The van der Waals surface area contributed by atoms with Crippen molar-refractivity contribution >= 4 is 11.0 Å². The predicted octanol–water partition coefficient (Wildman–Crippen LogP) is 2.68. The van der Waals surface area contributed by atoms with Crippen LogP contribution < -0.4 is 10.4 Å². The van der Waals surface area contributed by atoms with Crippen molar-refractivity contribution in [2.45, 2.75) is 6.92 Å². The molecule has 0 aliphatic carbocycles. The van der Waals surface area contributed by atoms with E-state index in [2.05, 4.69) is 9.97 Å². The summed E-state index contributed by atoms with van der Waals surface area (Å²) in [6.07, 6.45) is 1.62. The number of aromatic nitrogens is 2. The molecule has 0 aliphatic heterocycles. The summed E-state index contributed by atoms with van der Waals surface area (Å²) in [5, 5.41) is 0.831. The first-order valence-corrected chi connectivity index (χ1v) is 5.72. The smallest absolute Gasteiger partial charge is 0.336 e. The largest absolute Gasteiger partial charge is 0.424 e.